The molecule has 10 nitrogen and oxygen atoms in total. The molecular formula is C28H34N8O2. The highest BCUT2D eigenvalue weighted by atomic mass is 16.5. The van der Waals surface area contributed by atoms with Crippen LogP contribution in [0.4, 0.5) is 11.6 Å². The van der Waals surface area contributed by atoms with E-state index in [4.69, 9.17) is 14.7 Å². The first-order valence-corrected chi connectivity index (χ1v) is 13.3. The van der Waals surface area contributed by atoms with Crippen LogP contribution in [0.15, 0.2) is 34.9 Å². The zero-order valence-corrected chi connectivity index (χ0v) is 22.4. The molecule has 10 heteroatoms. The first-order chi connectivity index (χ1) is 18.3. The highest BCUT2D eigenvalue weighted by Gasteiger charge is 2.53. The van der Waals surface area contributed by atoms with Crippen LogP contribution in [0.2, 0.25) is 0 Å². The van der Waals surface area contributed by atoms with Crippen LogP contribution in [0.25, 0.3) is 0 Å². The Labute approximate surface area is 223 Å². The van der Waals surface area contributed by atoms with Gasteiger partial charge < -0.3 is 19.4 Å². The SMILES string of the molecule is C=N/C(=C\C(C#N)=C/C)N1CC2(CCC2)c2c1ncnc2N1C[C@@H](C)N(C(=O)C2(C#N)CCOC2)C[C@@H]1C. The molecule has 3 fully saturated rings. The lowest BCUT2D eigenvalue weighted by Gasteiger charge is -2.48. The predicted molar refractivity (Wildman–Crippen MR) is 143 cm³/mol. The zero-order chi connectivity index (χ0) is 27.1. The maximum atomic E-state index is 13.5. The number of anilines is 2. The first kappa shape index (κ1) is 25.9. The maximum Gasteiger partial charge on any atom is 0.245 e. The minimum Gasteiger partial charge on any atom is -0.379 e. The average Bonchev–Trinajstić information content (AvgIpc) is 3.54. The van der Waals surface area contributed by atoms with Crippen LogP contribution in [0.3, 0.4) is 0 Å². The summed E-state index contributed by atoms with van der Waals surface area (Å²) in [6.07, 6.45) is 8.73. The minimum atomic E-state index is -1.08. The Morgan fingerprint density at radius 2 is 1.97 bits per heavy atom. The number of aliphatic imine (C=N–C) groups is 1. The van der Waals surface area contributed by atoms with E-state index in [1.54, 1.807) is 18.5 Å². The van der Waals surface area contributed by atoms with E-state index in [0.717, 1.165) is 36.5 Å². The van der Waals surface area contributed by atoms with Crippen LogP contribution in [-0.2, 0) is 14.9 Å². The van der Waals surface area contributed by atoms with E-state index >= 15 is 0 Å². The van der Waals surface area contributed by atoms with Gasteiger partial charge in [-0.25, -0.2) is 15.0 Å². The van der Waals surface area contributed by atoms with Crippen LogP contribution < -0.4 is 9.80 Å². The topological polar surface area (TPSA) is 122 Å². The van der Waals surface area contributed by atoms with Crippen molar-refractivity contribution in [2.45, 2.75) is 64.0 Å². The molecule has 1 aliphatic carbocycles. The van der Waals surface area contributed by atoms with Crippen molar-refractivity contribution in [3.8, 4) is 12.1 Å². The normalized spacial score (nSPS) is 28.5. The summed E-state index contributed by atoms with van der Waals surface area (Å²) in [5.41, 5.74) is 0.471. The minimum absolute atomic E-state index is 0.000788. The Morgan fingerprint density at radius 3 is 2.55 bits per heavy atom. The molecule has 1 saturated carbocycles. The summed E-state index contributed by atoms with van der Waals surface area (Å²) in [5, 5.41) is 19.3. The van der Waals surface area contributed by atoms with Gasteiger partial charge in [-0.3, -0.25) is 4.79 Å². The van der Waals surface area contributed by atoms with Gasteiger partial charge in [-0.1, -0.05) is 12.5 Å². The Balaban J connectivity index is 1.49. The molecule has 0 N–H and O–H groups in total. The number of carbonyl (C=O) groups excluding carboxylic acids is 1. The molecular weight excluding hydrogens is 480 g/mol. The summed E-state index contributed by atoms with van der Waals surface area (Å²) >= 11 is 0. The molecule has 5 rings (SSSR count). The van der Waals surface area contributed by atoms with E-state index in [2.05, 4.69) is 40.6 Å². The van der Waals surface area contributed by atoms with Crippen LogP contribution in [-0.4, -0.2) is 72.4 Å². The van der Waals surface area contributed by atoms with E-state index in [-0.39, 0.29) is 30.0 Å². The molecule has 4 heterocycles. The number of nitriles is 2. The second kappa shape index (κ2) is 9.85. The summed E-state index contributed by atoms with van der Waals surface area (Å²) in [4.78, 5) is 33.5. The van der Waals surface area contributed by atoms with Crippen LogP contribution in [0, 0.1) is 28.1 Å². The summed E-state index contributed by atoms with van der Waals surface area (Å²) < 4.78 is 5.44. The van der Waals surface area contributed by atoms with Gasteiger partial charge in [0.05, 0.1) is 24.3 Å². The van der Waals surface area contributed by atoms with Crippen molar-refractivity contribution in [3.63, 3.8) is 0 Å². The van der Waals surface area contributed by atoms with Crippen LogP contribution in [0.5, 0.6) is 0 Å². The van der Waals surface area contributed by atoms with Gasteiger partial charge in [0.2, 0.25) is 5.91 Å². The fourth-order valence-corrected chi connectivity index (χ4v) is 6.30. The van der Waals surface area contributed by atoms with Gasteiger partial charge in [-0.15, -0.1) is 0 Å². The van der Waals surface area contributed by atoms with E-state index in [1.165, 1.54) is 0 Å². The monoisotopic (exact) mass is 514 g/mol. The van der Waals surface area contributed by atoms with E-state index in [1.807, 2.05) is 18.7 Å². The van der Waals surface area contributed by atoms with Crippen molar-refractivity contribution in [2.24, 2.45) is 10.4 Å². The molecule has 1 unspecified atom stereocenters. The second-order valence-electron chi connectivity index (χ2n) is 10.9. The lowest BCUT2D eigenvalue weighted by Crippen LogP contribution is -2.61. The molecule has 2 saturated heterocycles. The van der Waals surface area contributed by atoms with Gasteiger partial charge in [0.25, 0.3) is 0 Å². The number of fused-ring (bicyclic) bond motifs is 2. The second-order valence-corrected chi connectivity index (χ2v) is 10.9. The molecule has 1 aromatic heterocycles. The van der Waals surface area contributed by atoms with Gasteiger partial charge >= 0.3 is 0 Å². The Bertz CT molecular complexity index is 1280. The Hall–Kier alpha value is -3.76. The molecule has 0 radical (unpaired) electrons. The fourth-order valence-electron chi connectivity index (χ4n) is 6.30. The Kier molecular flexibility index (Phi) is 6.70. The molecule has 38 heavy (non-hydrogen) atoms. The van der Waals surface area contributed by atoms with Gasteiger partial charge in [0, 0.05) is 55.7 Å². The van der Waals surface area contributed by atoms with Crippen molar-refractivity contribution in [2.75, 3.05) is 42.6 Å². The van der Waals surface area contributed by atoms with Gasteiger partial charge in [0.1, 0.15) is 23.8 Å². The van der Waals surface area contributed by atoms with Crippen molar-refractivity contribution in [1.29, 1.82) is 10.5 Å². The molecule has 4 aliphatic rings. The third-order valence-electron chi connectivity index (χ3n) is 8.69. The number of ether oxygens (including phenoxy) is 1. The maximum absolute atomic E-state index is 13.5. The number of hydrogen-bond acceptors (Lipinski definition) is 9. The number of amides is 1. The van der Waals surface area contributed by atoms with Crippen molar-refractivity contribution < 1.29 is 9.53 Å². The van der Waals surface area contributed by atoms with Crippen molar-refractivity contribution in [3.05, 3.63) is 35.4 Å². The lowest BCUT2D eigenvalue weighted by molar-refractivity contribution is -0.142. The summed E-state index contributed by atoms with van der Waals surface area (Å²) in [6.45, 7) is 12.2. The summed E-state index contributed by atoms with van der Waals surface area (Å²) in [7, 11) is 0. The number of aromatic nitrogens is 2. The highest BCUT2D eigenvalue weighted by Crippen LogP contribution is 2.55. The number of allylic oxidation sites excluding steroid dienone is 3. The fraction of sp³-hybridized carbons (Fsp3) is 0.571. The number of rotatable bonds is 5. The molecule has 1 spiro atoms. The van der Waals surface area contributed by atoms with E-state index < -0.39 is 5.41 Å². The summed E-state index contributed by atoms with van der Waals surface area (Å²) in [5.74, 6) is 2.19. The lowest BCUT2D eigenvalue weighted by atomic mass is 9.66. The largest absolute Gasteiger partial charge is 0.379 e. The first-order valence-electron chi connectivity index (χ1n) is 13.3. The zero-order valence-electron chi connectivity index (χ0n) is 22.4. The van der Waals surface area contributed by atoms with E-state index in [0.29, 0.717) is 44.1 Å². The molecule has 1 aromatic rings. The van der Waals surface area contributed by atoms with Gasteiger partial charge in [-0.05, 0) is 46.4 Å². The number of hydrogen-bond donors (Lipinski definition) is 0. The third kappa shape index (κ3) is 3.95. The molecule has 198 valence electrons. The highest BCUT2D eigenvalue weighted by molar-refractivity contribution is 5.86. The summed E-state index contributed by atoms with van der Waals surface area (Å²) in [6, 6.07) is 4.36. The van der Waals surface area contributed by atoms with Crippen molar-refractivity contribution >= 4 is 24.3 Å². The molecule has 3 atom stereocenters. The Morgan fingerprint density at radius 1 is 1.21 bits per heavy atom. The number of nitrogens with zero attached hydrogens (tertiary/aromatic N) is 8. The third-order valence-corrected chi connectivity index (χ3v) is 8.69. The number of piperazine rings is 1. The van der Waals surface area contributed by atoms with Crippen molar-refractivity contribution in [1.82, 2.24) is 14.9 Å². The van der Waals surface area contributed by atoms with Gasteiger partial charge in [0.15, 0.2) is 5.41 Å². The van der Waals surface area contributed by atoms with Gasteiger partial charge in [-0.2, -0.15) is 10.5 Å². The molecule has 3 aliphatic heterocycles. The van der Waals surface area contributed by atoms with Crippen LogP contribution >= 0.6 is 0 Å². The molecule has 0 aromatic carbocycles. The van der Waals surface area contributed by atoms with E-state index in [9.17, 15) is 15.3 Å². The smallest absolute Gasteiger partial charge is 0.245 e. The predicted octanol–water partition coefficient (Wildman–Crippen LogP) is 3.09. The molecule has 0 bridgehead atoms. The quantitative estimate of drug-likeness (QED) is 0.334. The van der Waals surface area contributed by atoms with Crippen LogP contribution in [0.1, 0.15) is 52.0 Å². The molecule has 1 amide bonds. The number of carbonyl (C=O) groups is 1. The average molecular weight is 515 g/mol. The standard InChI is InChI=1S/C28H34N8O2/c1-5-21(12-29)11-22(31-4)36-16-27(7-6-8-27)23-24(32-18-33-25(23)36)34-13-20(3)35(14-19(34)2)26(37)28(15-30)9-10-38-17-28/h5,11,18-20H,4,6-10,13-14,16-17H2,1-3H3/b21-5+,22-11+/t19-,20+,28?/m0/s1.